The number of carboxylic acid groups (broad SMARTS) is 1. The minimum absolute atomic E-state index is 0.0176. The summed E-state index contributed by atoms with van der Waals surface area (Å²) in [6, 6.07) is -0.776. The molecule has 19 heavy (non-hydrogen) atoms. The Kier molecular flexibility index (Phi) is 7.59. The lowest BCUT2D eigenvalue weighted by molar-refractivity contribution is -0.131. The maximum Gasteiger partial charge on any atom is 0.328 e. The van der Waals surface area contributed by atoms with Crippen LogP contribution in [0.1, 0.15) is 20.3 Å². The van der Waals surface area contributed by atoms with E-state index in [2.05, 4.69) is 10.6 Å². The summed E-state index contributed by atoms with van der Waals surface area (Å²) in [4.78, 5) is 43.5. The Morgan fingerprint density at radius 2 is 1.79 bits per heavy atom. The number of imide groups is 1. The highest BCUT2D eigenvalue weighted by atomic mass is 16.4. The molecule has 0 saturated carbocycles. The van der Waals surface area contributed by atoms with Crippen LogP contribution in [0.4, 0.5) is 4.79 Å². The molecule has 0 aliphatic carbocycles. The van der Waals surface area contributed by atoms with Gasteiger partial charge in [-0.25, -0.2) is 9.59 Å². The fourth-order valence-electron chi connectivity index (χ4n) is 1.03. The van der Waals surface area contributed by atoms with E-state index < -0.39 is 17.9 Å². The lowest BCUT2D eigenvalue weighted by Crippen LogP contribution is -2.40. The van der Waals surface area contributed by atoms with Gasteiger partial charge in [0.1, 0.15) is 0 Å². The summed E-state index contributed by atoms with van der Waals surface area (Å²) in [5.41, 5.74) is 0. The third-order valence-electron chi connectivity index (χ3n) is 1.70. The Bertz CT molecular complexity index is 390. The summed E-state index contributed by atoms with van der Waals surface area (Å²) in [6.07, 6.45) is 1.41. The van der Waals surface area contributed by atoms with Crippen molar-refractivity contribution in [2.24, 2.45) is 0 Å². The molecule has 0 aromatic heterocycles. The number of carbonyl (C=O) groups excluding carboxylic acids is 3. The van der Waals surface area contributed by atoms with Crippen LogP contribution in [0.15, 0.2) is 12.2 Å². The van der Waals surface area contributed by atoms with Gasteiger partial charge in [-0.15, -0.1) is 0 Å². The minimum atomic E-state index is -1.29. The largest absolute Gasteiger partial charge is 0.478 e. The van der Waals surface area contributed by atoms with Crippen LogP contribution in [0.25, 0.3) is 0 Å². The number of nitrogens with one attached hydrogen (secondary N) is 3. The van der Waals surface area contributed by atoms with Crippen LogP contribution in [-0.2, 0) is 14.4 Å². The Hall–Kier alpha value is -2.38. The van der Waals surface area contributed by atoms with Crippen molar-refractivity contribution >= 4 is 23.8 Å². The van der Waals surface area contributed by atoms with Crippen molar-refractivity contribution in [2.75, 3.05) is 6.54 Å². The zero-order valence-electron chi connectivity index (χ0n) is 10.7. The lowest BCUT2D eigenvalue weighted by Gasteiger charge is -2.08. The molecule has 0 unspecified atom stereocenters. The fourth-order valence-corrected chi connectivity index (χ4v) is 1.03. The number of urea groups is 1. The Morgan fingerprint density at radius 3 is 2.32 bits per heavy atom. The molecular formula is C11H17N3O5. The molecule has 106 valence electrons. The number of amides is 4. The van der Waals surface area contributed by atoms with Crippen molar-refractivity contribution in [3.63, 3.8) is 0 Å². The molecule has 0 heterocycles. The van der Waals surface area contributed by atoms with Crippen LogP contribution < -0.4 is 16.0 Å². The van der Waals surface area contributed by atoms with E-state index in [9.17, 15) is 19.2 Å². The van der Waals surface area contributed by atoms with E-state index in [1.54, 1.807) is 0 Å². The first-order chi connectivity index (χ1) is 8.81. The summed E-state index contributed by atoms with van der Waals surface area (Å²) < 4.78 is 0. The van der Waals surface area contributed by atoms with E-state index in [1.165, 1.54) is 0 Å². The summed E-state index contributed by atoms with van der Waals surface area (Å²) in [5.74, 6) is -2.36. The van der Waals surface area contributed by atoms with Crippen LogP contribution in [-0.4, -0.2) is 41.5 Å². The Morgan fingerprint density at radius 1 is 1.16 bits per heavy atom. The second kappa shape index (κ2) is 8.67. The molecule has 0 bridgehead atoms. The highest BCUT2D eigenvalue weighted by molar-refractivity contribution is 6.02. The molecule has 4 N–H and O–H groups in total. The Balaban J connectivity index is 3.85. The average molecular weight is 271 g/mol. The van der Waals surface area contributed by atoms with Gasteiger partial charge in [0.25, 0.3) is 5.91 Å². The molecule has 0 aromatic carbocycles. The fraction of sp³-hybridized carbons (Fsp3) is 0.455. The molecule has 0 rings (SSSR count). The standard InChI is InChI=1S/C11H17N3O5/c1-7(2)13-9(16)5-6-12-11(19)14-8(15)3-4-10(17)18/h3-4,7H,5-6H2,1-2H3,(H,13,16)(H,17,18)(H2,12,14,15,19)/b4-3+. The predicted octanol–water partition coefficient (Wildman–Crippen LogP) is -0.632. The van der Waals surface area contributed by atoms with Gasteiger partial charge in [-0.3, -0.25) is 14.9 Å². The molecule has 8 nitrogen and oxygen atoms in total. The monoisotopic (exact) mass is 271 g/mol. The van der Waals surface area contributed by atoms with Gasteiger partial charge in [-0.1, -0.05) is 0 Å². The van der Waals surface area contributed by atoms with Crippen molar-refractivity contribution in [1.29, 1.82) is 0 Å². The maximum absolute atomic E-state index is 11.2. The second-order valence-electron chi connectivity index (χ2n) is 3.89. The van der Waals surface area contributed by atoms with Gasteiger partial charge >= 0.3 is 12.0 Å². The maximum atomic E-state index is 11.2. The van der Waals surface area contributed by atoms with Gasteiger partial charge in [-0.2, -0.15) is 0 Å². The van der Waals surface area contributed by atoms with Gasteiger partial charge in [0, 0.05) is 31.2 Å². The van der Waals surface area contributed by atoms with Gasteiger partial charge in [0.15, 0.2) is 0 Å². The van der Waals surface area contributed by atoms with E-state index >= 15 is 0 Å². The van der Waals surface area contributed by atoms with Crippen molar-refractivity contribution in [3.8, 4) is 0 Å². The molecule has 0 saturated heterocycles. The van der Waals surface area contributed by atoms with Crippen molar-refractivity contribution < 1.29 is 24.3 Å². The summed E-state index contributed by atoms with van der Waals surface area (Å²) in [5, 5.41) is 15.1. The average Bonchev–Trinajstić information content (AvgIpc) is 2.25. The van der Waals surface area contributed by atoms with Crippen molar-refractivity contribution in [3.05, 3.63) is 12.2 Å². The summed E-state index contributed by atoms with van der Waals surface area (Å²) in [7, 11) is 0. The molecule has 0 atom stereocenters. The number of hydrogen-bond acceptors (Lipinski definition) is 4. The van der Waals surface area contributed by atoms with Crippen molar-refractivity contribution in [2.45, 2.75) is 26.3 Å². The smallest absolute Gasteiger partial charge is 0.328 e. The van der Waals surface area contributed by atoms with Crippen LogP contribution in [0.2, 0.25) is 0 Å². The normalized spacial score (nSPS) is 10.3. The summed E-state index contributed by atoms with van der Waals surface area (Å²) in [6.45, 7) is 3.69. The van der Waals surface area contributed by atoms with Gasteiger partial charge in [0.2, 0.25) is 5.91 Å². The lowest BCUT2D eigenvalue weighted by atomic mass is 10.3. The van der Waals surface area contributed by atoms with E-state index in [0.29, 0.717) is 12.2 Å². The number of rotatable bonds is 6. The molecule has 0 aromatic rings. The summed E-state index contributed by atoms with van der Waals surface area (Å²) >= 11 is 0. The number of aliphatic carboxylic acids is 1. The molecule has 0 spiro atoms. The van der Waals surface area contributed by atoms with E-state index in [-0.39, 0.29) is 24.9 Å². The van der Waals surface area contributed by atoms with Crippen LogP contribution in [0.5, 0.6) is 0 Å². The molecule has 0 aliphatic heterocycles. The number of hydrogen-bond donors (Lipinski definition) is 4. The third kappa shape index (κ3) is 10.5. The van der Waals surface area contributed by atoms with Crippen LogP contribution >= 0.6 is 0 Å². The molecule has 0 fully saturated rings. The van der Waals surface area contributed by atoms with Gasteiger partial charge in [0.05, 0.1) is 0 Å². The molecule has 8 heteroatoms. The topological polar surface area (TPSA) is 125 Å². The highest BCUT2D eigenvalue weighted by Crippen LogP contribution is 1.82. The molecule has 0 radical (unpaired) electrons. The van der Waals surface area contributed by atoms with Gasteiger partial charge < -0.3 is 15.7 Å². The Labute approximate surface area is 110 Å². The van der Waals surface area contributed by atoms with E-state index in [4.69, 9.17) is 5.11 Å². The first-order valence-electron chi connectivity index (χ1n) is 5.60. The SMILES string of the molecule is CC(C)NC(=O)CCNC(=O)NC(=O)/C=C/C(=O)O. The third-order valence-corrected chi connectivity index (χ3v) is 1.70. The first-order valence-corrected chi connectivity index (χ1v) is 5.60. The highest BCUT2D eigenvalue weighted by Gasteiger charge is 2.06. The van der Waals surface area contributed by atoms with Crippen LogP contribution in [0, 0.1) is 0 Å². The zero-order chi connectivity index (χ0) is 14.8. The second-order valence-corrected chi connectivity index (χ2v) is 3.89. The van der Waals surface area contributed by atoms with Crippen LogP contribution in [0.3, 0.4) is 0 Å². The molecular weight excluding hydrogens is 254 g/mol. The van der Waals surface area contributed by atoms with E-state index in [0.717, 1.165) is 0 Å². The number of carbonyl (C=O) groups is 4. The van der Waals surface area contributed by atoms with Crippen molar-refractivity contribution in [1.82, 2.24) is 16.0 Å². The molecule has 4 amide bonds. The predicted molar refractivity (Wildman–Crippen MR) is 66.2 cm³/mol. The molecule has 0 aliphatic rings. The quantitative estimate of drug-likeness (QED) is 0.479. The minimum Gasteiger partial charge on any atom is -0.478 e. The van der Waals surface area contributed by atoms with E-state index in [1.807, 2.05) is 19.2 Å². The van der Waals surface area contributed by atoms with Gasteiger partial charge in [-0.05, 0) is 13.8 Å². The first kappa shape index (κ1) is 16.6. The zero-order valence-corrected chi connectivity index (χ0v) is 10.7. The number of carboxylic acids is 1.